The average Bonchev–Trinajstić information content (AvgIpc) is 2.46. The molecule has 1 aromatic rings. The molecule has 2 atom stereocenters. The highest BCUT2D eigenvalue weighted by Crippen LogP contribution is 2.17. The fourth-order valence-electron chi connectivity index (χ4n) is 1.83. The Balaban J connectivity index is 0.00000135. The van der Waals surface area contributed by atoms with E-state index in [0.29, 0.717) is 0 Å². The number of benzene rings is 1. The Morgan fingerprint density at radius 2 is 1.91 bits per heavy atom. The second-order valence-corrected chi connectivity index (χ2v) is 6.52. The van der Waals surface area contributed by atoms with Gasteiger partial charge in [0, 0.05) is 17.8 Å². The van der Waals surface area contributed by atoms with E-state index < -0.39 is 0 Å². The summed E-state index contributed by atoms with van der Waals surface area (Å²) >= 11 is 1.74. The van der Waals surface area contributed by atoms with Gasteiger partial charge in [-0.2, -0.15) is 0 Å². The van der Waals surface area contributed by atoms with Crippen molar-refractivity contribution in [1.82, 2.24) is 0 Å². The van der Waals surface area contributed by atoms with Crippen molar-refractivity contribution >= 4 is 11.8 Å². The van der Waals surface area contributed by atoms with Crippen LogP contribution in [0.4, 0.5) is 0 Å². The summed E-state index contributed by atoms with van der Waals surface area (Å²) in [4.78, 5) is 1.22. The van der Waals surface area contributed by atoms with E-state index in [-0.39, 0.29) is 12.1 Å². The molecule has 22 heavy (non-hydrogen) atoms. The van der Waals surface area contributed by atoms with Crippen molar-refractivity contribution in [2.75, 3.05) is 5.75 Å². The first kappa shape index (κ1) is 20.7. The molecular weight excluding hydrogens is 288 g/mol. The standard InChI is InChI=1S/C16H24N2S.C3H6/c1-4-6-13(3)19-11-16(18)15(17)10-14-8-5-7-12(2)9-14;1-3-2/h4-9,15-16H,1,10-11,17-18H2,2-3H3;3H,1H2,2H3/b13-6+;/t15-,16?;/m0./s1. The number of nitrogens with two attached hydrogens (primary N) is 2. The molecule has 1 unspecified atom stereocenters. The Morgan fingerprint density at radius 3 is 2.45 bits per heavy atom. The lowest BCUT2D eigenvalue weighted by Crippen LogP contribution is -2.44. The van der Waals surface area contributed by atoms with Crippen molar-refractivity contribution < 1.29 is 0 Å². The Hall–Kier alpha value is -1.29. The molecule has 2 nitrogen and oxygen atoms in total. The summed E-state index contributed by atoms with van der Waals surface area (Å²) in [5.41, 5.74) is 14.8. The van der Waals surface area contributed by atoms with E-state index in [9.17, 15) is 0 Å². The number of rotatable bonds is 7. The van der Waals surface area contributed by atoms with Crippen molar-refractivity contribution in [2.45, 2.75) is 39.3 Å². The molecule has 0 fully saturated rings. The molecule has 0 aliphatic rings. The third-order valence-electron chi connectivity index (χ3n) is 2.96. The van der Waals surface area contributed by atoms with Crippen molar-refractivity contribution in [1.29, 1.82) is 0 Å². The van der Waals surface area contributed by atoms with E-state index in [1.54, 1.807) is 23.9 Å². The van der Waals surface area contributed by atoms with Crippen LogP contribution in [0.3, 0.4) is 0 Å². The maximum absolute atomic E-state index is 6.18. The summed E-state index contributed by atoms with van der Waals surface area (Å²) in [7, 11) is 0. The van der Waals surface area contributed by atoms with Gasteiger partial charge in [0.2, 0.25) is 0 Å². The number of hydrogen-bond donors (Lipinski definition) is 2. The van der Waals surface area contributed by atoms with Gasteiger partial charge in [-0.1, -0.05) is 54.6 Å². The highest BCUT2D eigenvalue weighted by molar-refractivity contribution is 8.03. The SMILES string of the molecule is C=C/C=C(\C)SCC(N)[C@@H](N)Cc1cccc(C)c1.C=CC. The third-order valence-corrected chi connectivity index (χ3v) is 4.10. The Bertz CT molecular complexity index is 480. The van der Waals surface area contributed by atoms with Gasteiger partial charge in [-0.3, -0.25) is 0 Å². The fourth-order valence-corrected chi connectivity index (χ4v) is 2.72. The topological polar surface area (TPSA) is 52.0 Å². The van der Waals surface area contributed by atoms with Crippen LogP contribution in [-0.4, -0.2) is 17.8 Å². The van der Waals surface area contributed by atoms with E-state index in [2.05, 4.69) is 51.3 Å². The lowest BCUT2D eigenvalue weighted by atomic mass is 10.0. The molecule has 0 heterocycles. The minimum Gasteiger partial charge on any atom is -0.326 e. The molecule has 0 bridgehead atoms. The van der Waals surface area contributed by atoms with Gasteiger partial charge in [0.25, 0.3) is 0 Å². The van der Waals surface area contributed by atoms with Crippen LogP contribution < -0.4 is 11.5 Å². The van der Waals surface area contributed by atoms with Crippen LogP contribution >= 0.6 is 11.8 Å². The lowest BCUT2D eigenvalue weighted by Gasteiger charge is -2.20. The van der Waals surface area contributed by atoms with Gasteiger partial charge >= 0.3 is 0 Å². The van der Waals surface area contributed by atoms with Crippen LogP contribution in [0.25, 0.3) is 0 Å². The minimum absolute atomic E-state index is 0.00122. The van der Waals surface area contributed by atoms with Gasteiger partial charge in [0.15, 0.2) is 0 Å². The maximum atomic E-state index is 6.18. The summed E-state index contributed by atoms with van der Waals surface area (Å²) in [6, 6.07) is 8.42. The van der Waals surface area contributed by atoms with Crippen LogP contribution in [0, 0.1) is 6.92 Å². The first-order valence-corrected chi connectivity index (χ1v) is 8.49. The van der Waals surface area contributed by atoms with Crippen molar-refractivity contribution in [2.24, 2.45) is 11.5 Å². The van der Waals surface area contributed by atoms with Crippen molar-refractivity contribution in [3.63, 3.8) is 0 Å². The van der Waals surface area contributed by atoms with Gasteiger partial charge in [-0.25, -0.2) is 0 Å². The summed E-state index contributed by atoms with van der Waals surface area (Å²) in [6.07, 6.45) is 6.36. The number of thioether (sulfide) groups is 1. The molecule has 0 aliphatic carbocycles. The van der Waals surface area contributed by atoms with Gasteiger partial charge in [-0.05, 0) is 37.7 Å². The van der Waals surface area contributed by atoms with Crippen molar-refractivity contribution in [3.05, 3.63) is 71.7 Å². The number of aryl methyl sites for hydroxylation is 1. The summed E-state index contributed by atoms with van der Waals surface area (Å²) in [5, 5.41) is 0. The second kappa shape index (κ2) is 12.3. The Kier molecular flexibility index (Phi) is 11.6. The molecule has 0 aliphatic heterocycles. The molecule has 0 saturated heterocycles. The predicted octanol–water partition coefficient (Wildman–Crippen LogP) is 4.21. The molecule has 0 radical (unpaired) electrons. The van der Waals surface area contributed by atoms with Crippen LogP contribution in [0.1, 0.15) is 25.0 Å². The second-order valence-electron chi connectivity index (χ2n) is 5.25. The first-order chi connectivity index (χ1) is 10.4. The third kappa shape index (κ3) is 9.61. The van der Waals surface area contributed by atoms with Crippen molar-refractivity contribution in [3.8, 4) is 0 Å². The van der Waals surface area contributed by atoms with E-state index in [4.69, 9.17) is 11.5 Å². The molecular formula is C19H30N2S. The fraction of sp³-hybridized carbons (Fsp3) is 0.368. The molecule has 0 spiro atoms. The van der Waals surface area contributed by atoms with Crippen LogP contribution in [0.2, 0.25) is 0 Å². The van der Waals surface area contributed by atoms with E-state index >= 15 is 0 Å². The first-order valence-electron chi connectivity index (χ1n) is 7.50. The Labute approximate surface area is 140 Å². The molecule has 1 rings (SSSR count). The minimum atomic E-state index is -0.00849. The van der Waals surface area contributed by atoms with Gasteiger partial charge < -0.3 is 11.5 Å². The van der Waals surface area contributed by atoms with Gasteiger partial charge in [0.1, 0.15) is 0 Å². The zero-order chi connectivity index (χ0) is 17.0. The van der Waals surface area contributed by atoms with Gasteiger partial charge in [0.05, 0.1) is 0 Å². The largest absolute Gasteiger partial charge is 0.326 e. The molecule has 3 heteroatoms. The molecule has 0 amide bonds. The molecule has 0 saturated carbocycles. The number of hydrogen-bond acceptors (Lipinski definition) is 3. The highest BCUT2D eigenvalue weighted by atomic mass is 32.2. The maximum Gasteiger partial charge on any atom is 0.0291 e. The van der Waals surface area contributed by atoms with Crippen LogP contribution in [0.5, 0.6) is 0 Å². The molecule has 122 valence electrons. The zero-order valence-corrected chi connectivity index (χ0v) is 14.9. The van der Waals surface area contributed by atoms with E-state index in [1.807, 2.05) is 13.0 Å². The number of allylic oxidation sites excluding steroid dienone is 4. The average molecular weight is 319 g/mol. The molecule has 4 N–H and O–H groups in total. The highest BCUT2D eigenvalue weighted by Gasteiger charge is 2.14. The molecule has 1 aromatic carbocycles. The lowest BCUT2D eigenvalue weighted by molar-refractivity contribution is 0.564. The summed E-state index contributed by atoms with van der Waals surface area (Å²) in [6.45, 7) is 13.1. The quantitative estimate of drug-likeness (QED) is 0.585. The van der Waals surface area contributed by atoms with Gasteiger partial charge in [-0.15, -0.1) is 18.3 Å². The predicted molar refractivity (Wildman–Crippen MR) is 103 cm³/mol. The van der Waals surface area contributed by atoms with Crippen LogP contribution in [0.15, 0.2) is 60.6 Å². The molecule has 0 aromatic heterocycles. The normalized spacial score (nSPS) is 13.6. The monoisotopic (exact) mass is 318 g/mol. The van der Waals surface area contributed by atoms with E-state index in [0.717, 1.165) is 12.2 Å². The summed E-state index contributed by atoms with van der Waals surface area (Å²) < 4.78 is 0. The zero-order valence-electron chi connectivity index (χ0n) is 14.1. The van der Waals surface area contributed by atoms with Crippen LogP contribution in [-0.2, 0) is 6.42 Å². The Morgan fingerprint density at radius 1 is 1.27 bits per heavy atom. The summed E-state index contributed by atoms with van der Waals surface area (Å²) in [5.74, 6) is 0.836. The van der Waals surface area contributed by atoms with E-state index in [1.165, 1.54) is 16.0 Å². The smallest absolute Gasteiger partial charge is 0.0291 e.